The van der Waals surface area contributed by atoms with Crippen molar-refractivity contribution in [2.24, 2.45) is 0 Å². The largest absolute Gasteiger partial charge is 0.319 e. The van der Waals surface area contributed by atoms with E-state index in [0.29, 0.717) is 0 Å². The van der Waals surface area contributed by atoms with E-state index in [2.05, 4.69) is 31.5 Å². The van der Waals surface area contributed by atoms with Crippen LogP contribution in [0.4, 0.5) is 0 Å². The Bertz CT molecular complexity index is 500. The SMILES string of the molecule is CNCCc1cnc2c(ccn2SI)c1Cl. The van der Waals surface area contributed by atoms with Crippen molar-refractivity contribution in [3.8, 4) is 0 Å². The van der Waals surface area contributed by atoms with E-state index in [0.717, 1.165) is 34.6 Å². The van der Waals surface area contributed by atoms with Crippen LogP contribution in [0.25, 0.3) is 11.0 Å². The van der Waals surface area contributed by atoms with Crippen molar-refractivity contribution < 1.29 is 0 Å². The van der Waals surface area contributed by atoms with Crippen molar-refractivity contribution in [2.75, 3.05) is 13.6 Å². The van der Waals surface area contributed by atoms with E-state index in [1.807, 2.05) is 29.5 Å². The van der Waals surface area contributed by atoms with Gasteiger partial charge < -0.3 is 5.32 Å². The quantitative estimate of drug-likeness (QED) is 0.841. The summed E-state index contributed by atoms with van der Waals surface area (Å²) in [7, 11) is 3.52. The van der Waals surface area contributed by atoms with Gasteiger partial charge in [0.15, 0.2) is 5.65 Å². The van der Waals surface area contributed by atoms with Crippen LogP contribution in [0, 0.1) is 0 Å². The van der Waals surface area contributed by atoms with E-state index in [1.165, 1.54) is 0 Å². The molecule has 0 aliphatic heterocycles. The molecule has 6 heteroatoms. The van der Waals surface area contributed by atoms with E-state index < -0.39 is 0 Å². The Labute approximate surface area is 116 Å². The number of pyridine rings is 1. The molecule has 2 rings (SSSR count). The van der Waals surface area contributed by atoms with Gasteiger partial charge in [0.25, 0.3) is 0 Å². The Morgan fingerprint density at radius 2 is 2.44 bits per heavy atom. The number of fused-ring (bicyclic) bond motifs is 1. The molecule has 0 amide bonds. The first-order chi connectivity index (χ1) is 7.77. The molecule has 0 spiro atoms. The van der Waals surface area contributed by atoms with E-state index in [9.17, 15) is 0 Å². The zero-order chi connectivity index (χ0) is 11.5. The lowest BCUT2D eigenvalue weighted by Crippen LogP contribution is -2.10. The molecule has 0 saturated carbocycles. The molecule has 0 fully saturated rings. The van der Waals surface area contributed by atoms with Crippen molar-refractivity contribution in [1.82, 2.24) is 14.3 Å². The van der Waals surface area contributed by atoms with Gasteiger partial charge in [-0.1, -0.05) is 11.6 Å². The van der Waals surface area contributed by atoms with Crippen LogP contribution in [0.3, 0.4) is 0 Å². The Balaban J connectivity index is 2.45. The summed E-state index contributed by atoms with van der Waals surface area (Å²) in [5, 5.41) is 4.96. The molecule has 2 aromatic heterocycles. The topological polar surface area (TPSA) is 29.9 Å². The first-order valence-electron chi connectivity index (χ1n) is 4.86. The van der Waals surface area contributed by atoms with E-state index in [-0.39, 0.29) is 0 Å². The molecular weight excluding hydrogens is 357 g/mol. The molecule has 0 radical (unpaired) electrons. The third-order valence-electron chi connectivity index (χ3n) is 2.41. The summed E-state index contributed by atoms with van der Waals surface area (Å²) in [5.41, 5.74) is 2.03. The lowest BCUT2D eigenvalue weighted by atomic mass is 10.2. The fourth-order valence-corrected chi connectivity index (χ4v) is 3.12. The number of nitrogens with one attached hydrogen (secondary N) is 1. The summed E-state index contributed by atoms with van der Waals surface area (Å²) in [6, 6.07) is 2.01. The van der Waals surface area contributed by atoms with Crippen LogP contribution >= 0.6 is 41.9 Å². The molecule has 0 bridgehead atoms. The molecular formula is C10H11ClIN3S. The molecule has 86 valence electrons. The number of nitrogens with zero attached hydrogens (tertiary/aromatic N) is 2. The standard InChI is InChI=1S/C10H11ClIN3S/c1-13-4-2-7-6-14-10-8(9(7)11)3-5-15(10)16-12/h3,5-6,13H,2,4H2,1H3. The third-order valence-corrected chi connectivity index (χ3v) is 4.57. The van der Waals surface area contributed by atoms with Crippen molar-refractivity contribution >= 4 is 53.0 Å². The number of likely N-dealkylation sites (N-methyl/N-ethyl adjacent to an activating group) is 1. The average molecular weight is 368 g/mol. The molecule has 1 N–H and O–H groups in total. The zero-order valence-corrected chi connectivity index (χ0v) is 12.4. The molecule has 0 aliphatic rings. The summed E-state index contributed by atoms with van der Waals surface area (Å²) in [6.45, 7) is 0.911. The second kappa shape index (κ2) is 5.57. The molecule has 2 heterocycles. The highest BCUT2D eigenvalue weighted by molar-refractivity contribution is 14.2. The van der Waals surface area contributed by atoms with Gasteiger partial charge in [-0.05, 0) is 31.6 Å². The molecule has 0 aromatic carbocycles. The number of hydrogen-bond donors (Lipinski definition) is 1. The number of rotatable bonds is 4. The van der Waals surface area contributed by atoms with Gasteiger partial charge in [0, 0.05) is 48.1 Å². The average Bonchev–Trinajstić information content (AvgIpc) is 2.72. The van der Waals surface area contributed by atoms with Gasteiger partial charge in [0.2, 0.25) is 0 Å². The fraction of sp³-hybridized carbons (Fsp3) is 0.300. The number of aromatic nitrogens is 2. The van der Waals surface area contributed by atoms with E-state index in [4.69, 9.17) is 11.6 Å². The molecule has 2 aromatic rings. The highest BCUT2D eigenvalue weighted by Gasteiger charge is 2.09. The third kappa shape index (κ3) is 2.32. The first-order valence-corrected chi connectivity index (χ1v) is 8.55. The normalized spacial score (nSPS) is 11.2. The maximum atomic E-state index is 6.35. The Morgan fingerprint density at radius 3 is 3.12 bits per heavy atom. The van der Waals surface area contributed by atoms with Crippen molar-refractivity contribution in [3.05, 3.63) is 29.0 Å². The molecule has 0 unspecified atom stereocenters. The van der Waals surface area contributed by atoms with Gasteiger partial charge in [-0.25, -0.2) is 4.98 Å². The zero-order valence-electron chi connectivity index (χ0n) is 8.70. The molecule has 0 saturated heterocycles. The van der Waals surface area contributed by atoms with Gasteiger partial charge in [-0.15, -0.1) is 0 Å². The van der Waals surface area contributed by atoms with E-state index >= 15 is 0 Å². The summed E-state index contributed by atoms with van der Waals surface area (Å²) in [5.74, 6) is 0. The van der Waals surface area contributed by atoms with Gasteiger partial charge in [-0.3, -0.25) is 3.97 Å². The second-order valence-corrected chi connectivity index (χ2v) is 5.49. The smallest absolute Gasteiger partial charge is 0.152 e. The van der Waals surface area contributed by atoms with Gasteiger partial charge >= 0.3 is 0 Å². The molecule has 0 aliphatic carbocycles. The summed E-state index contributed by atoms with van der Waals surface area (Å²) in [6.07, 6.45) is 4.76. The second-order valence-electron chi connectivity index (χ2n) is 3.40. The predicted octanol–water partition coefficient (Wildman–Crippen LogP) is 3.30. The van der Waals surface area contributed by atoms with Crippen molar-refractivity contribution in [3.63, 3.8) is 0 Å². The lowest BCUT2D eigenvalue weighted by Gasteiger charge is -2.05. The van der Waals surface area contributed by atoms with Crippen LogP contribution in [0.1, 0.15) is 5.56 Å². The van der Waals surface area contributed by atoms with Gasteiger partial charge in [0.1, 0.15) is 0 Å². The summed E-state index contributed by atoms with van der Waals surface area (Å²) in [4.78, 5) is 4.45. The highest BCUT2D eigenvalue weighted by Crippen LogP contribution is 2.30. The highest BCUT2D eigenvalue weighted by atomic mass is 127. The number of halogens is 2. The fourth-order valence-electron chi connectivity index (χ4n) is 1.56. The van der Waals surface area contributed by atoms with Crippen LogP contribution in [-0.2, 0) is 6.42 Å². The van der Waals surface area contributed by atoms with Crippen molar-refractivity contribution in [1.29, 1.82) is 0 Å². The molecule has 16 heavy (non-hydrogen) atoms. The lowest BCUT2D eigenvalue weighted by molar-refractivity contribution is 0.790. The minimum Gasteiger partial charge on any atom is -0.319 e. The molecule has 3 nitrogen and oxygen atoms in total. The minimum atomic E-state index is 0.824. The predicted molar refractivity (Wildman–Crippen MR) is 79.4 cm³/mol. The van der Waals surface area contributed by atoms with Crippen LogP contribution in [0.2, 0.25) is 5.02 Å². The monoisotopic (exact) mass is 367 g/mol. The Kier molecular flexibility index (Phi) is 4.34. The van der Waals surface area contributed by atoms with Crippen LogP contribution < -0.4 is 5.32 Å². The molecule has 0 atom stereocenters. The van der Waals surface area contributed by atoms with Crippen molar-refractivity contribution in [2.45, 2.75) is 6.42 Å². The van der Waals surface area contributed by atoms with Gasteiger partial charge in [0.05, 0.1) is 5.02 Å². The summed E-state index contributed by atoms with van der Waals surface area (Å²) < 4.78 is 2.00. The Morgan fingerprint density at radius 1 is 1.62 bits per heavy atom. The minimum absolute atomic E-state index is 0.824. The first kappa shape index (κ1) is 12.5. The van der Waals surface area contributed by atoms with E-state index in [1.54, 1.807) is 9.12 Å². The van der Waals surface area contributed by atoms with Gasteiger partial charge in [-0.2, -0.15) is 0 Å². The van der Waals surface area contributed by atoms with Crippen LogP contribution in [0.15, 0.2) is 18.5 Å². The van der Waals surface area contributed by atoms with Crippen LogP contribution in [-0.4, -0.2) is 22.5 Å². The van der Waals surface area contributed by atoms with Crippen LogP contribution in [0.5, 0.6) is 0 Å². The summed E-state index contributed by atoms with van der Waals surface area (Å²) >= 11 is 8.58. The Hall–Kier alpha value is 0.0200. The maximum absolute atomic E-state index is 6.35. The maximum Gasteiger partial charge on any atom is 0.152 e. The number of hydrogen-bond acceptors (Lipinski definition) is 3.